The average molecular weight is 335 g/mol. The first-order valence-electron chi connectivity index (χ1n) is 8.05. The van der Waals surface area contributed by atoms with Gasteiger partial charge in [-0.05, 0) is 32.8 Å². The summed E-state index contributed by atoms with van der Waals surface area (Å²) in [6.45, 7) is 6.23. The largest absolute Gasteiger partial charge is 0.481 e. The van der Waals surface area contributed by atoms with Gasteiger partial charge in [0, 0.05) is 13.1 Å². The van der Waals surface area contributed by atoms with Gasteiger partial charge in [-0.1, -0.05) is 30.3 Å². The molecule has 0 aromatic heterocycles. The van der Waals surface area contributed by atoms with E-state index in [2.05, 4.69) is 0 Å². The molecule has 0 unspecified atom stereocenters. The van der Waals surface area contributed by atoms with Gasteiger partial charge >= 0.3 is 12.1 Å². The Hall–Kier alpha value is -2.08. The van der Waals surface area contributed by atoms with Gasteiger partial charge in [0.05, 0.1) is 13.2 Å². The first-order valence-corrected chi connectivity index (χ1v) is 8.05. The fourth-order valence-corrected chi connectivity index (χ4v) is 2.65. The number of benzene rings is 1. The maximum atomic E-state index is 12.1. The van der Waals surface area contributed by atoms with Gasteiger partial charge in [0.1, 0.15) is 11.0 Å². The summed E-state index contributed by atoms with van der Waals surface area (Å²) in [6, 6.07) is 9.58. The normalized spacial score (nSPS) is 20.9. The van der Waals surface area contributed by atoms with Crippen molar-refractivity contribution in [3.05, 3.63) is 35.9 Å². The van der Waals surface area contributed by atoms with Crippen molar-refractivity contribution in [2.24, 2.45) is 5.41 Å². The lowest BCUT2D eigenvalue weighted by Gasteiger charge is -2.27. The van der Waals surface area contributed by atoms with Crippen molar-refractivity contribution in [1.82, 2.24) is 4.90 Å². The summed E-state index contributed by atoms with van der Waals surface area (Å²) < 4.78 is 11.0. The second-order valence-corrected chi connectivity index (χ2v) is 7.22. The number of rotatable bonds is 5. The molecule has 6 nitrogen and oxygen atoms in total. The number of carbonyl (C=O) groups excluding carboxylic acids is 1. The molecule has 0 spiro atoms. The Labute approximate surface area is 142 Å². The fourth-order valence-electron chi connectivity index (χ4n) is 2.65. The number of hydrogen-bond donors (Lipinski definition) is 1. The van der Waals surface area contributed by atoms with E-state index in [9.17, 15) is 14.7 Å². The third-order valence-corrected chi connectivity index (χ3v) is 3.95. The monoisotopic (exact) mass is 335 g/mol. The van der Waals surface area contributed by atoms with Crippen LogP contribution in [-0.2, 0) is 20.9 Å². The molecule has 0 radical (unpaired) electrons. The summed E-state index contributed by atoms with van der Waals surface area (Å²) in [5, 5.41) is 9.63. The standard InChI is InChI=1S/C18H25NO5/c1-17(2,3)24-16(22)19-10-9-18(12-19,15(20)21)13-23-11-14-7-5-4-6-8-14/h4-8H,9-13H2,1-3H3,(H,20,21)/t18-/m1/s1. The number of amides is 1. The molecule has 1 aromatic carbocycles. The first-order chi connectivity index (χ1) is 11.2. The number of ether oxygens (including phenoxy) is 2. The number of hydrogen-bond acceptors (Lipinski definition) is 4. The predicted molar refractivity (Wildman–Crippen MR) is 88.6 cm³/mol. The van der Waals surface area contributed by atoms with Gasteiger partial charge in [0.15, 0.2) is 0 Å². The molecule has 0 saturated carbocycles. The van der Waals surface area contributed by atoms with E-state index in [1.807, 2.05) is 30.3 Å². The van der Waals surface area contributed by atoms with Crippen molar-refractivity contribution in [3.8, 4) is 0 Å². The second kappa shape index (κ2) is 7.21. The zero-order valence-corrected chi connectivity index (χ0v) is 14.4. The summed E-state index contributed by atoms with van der Waals surface area (Å²) in [5.74, 6) is -0.943. The van der Waals surface area contributed by atoms with Crippen molar-refractivity contribution in [2.45, 2.75) is 39.4 Å². The summed E-state index contributed by atoms with van der Waals surface area (Å²) in [5.41, 5.74) is -0.693. The molecule has 2 rings (SSSR count). The maximum Gasteiger partial charge on any atom is 0.410 e. The third kappa shape index (κ3) is 4.71. The van der Waals surface area contributed by atoms with Crippen LogP contribution in [0.15, 0.2) is 30.3 Å². The highest BCUT2D eigenvalue weighted by Crippen LogP contribution is 2.32. The minimum absolute atomic E-state index is 0.0660. The van der Waals surface area contributed by atoms with Crippen LogP contribution in [0.5, 0.6) is 0 Å². The van der Waals surface area contributed by atoms with Crippen LogP contribution in [0.1, 0.15) is 32.8 Å². The molecule has 1 atom stereocenters. The molecule has 1 aliphatic heterocycles. The maximum absolute atomic E-state index is 12.1. The first kappa shape index (κ1) is 18.3. The number of aliphatic carboxylic acids is 1. The van der Waals surface area contributed by atoms with Crippen LogP contribution < -0.4 is 0 Å². The summed E-state index contributed by atoms with van der Waals surface area (Å²) in [6.07, 6.45) is -0.121. The van der Waals surface area contributed by atoms with Gasteiger partial charge in [-0.25, -0.2) is 4.79 Å². The molecule has 1 amide bonds. The molecule has 1 fully saturated rings. The van der Waals surface area contributed by atoms with Crippen LogP contribution in [0, 0.1) is 5.41 Å². The van der Waals surface area contributed by atoms with E-state index in [-0.39, 0.29) is 13.2 Å². The topological polar surface area (TPSA) is 76.1 Å². The van der Waals surface area contributed by atoms with Gasteiger partial charge in [0.25, 0.3) is 0 Å². The second-order valence-electron chi connectivity index (χ2n) is 7.22. The highest BCUT2D eigenvalue weighted by molar-refractivity contribution is 5.78. The minimum atomic E-state index is -1.08. The van der Waals surface area contributed by atoms with Crippen LogP contribution in [0.25, 0.3) is 0 Å². The zero-order chi connectivity index (χ0) is 17.8. The van der Waals surface area contributed by atoms with Crippen molar-refractivity contribution in [2.75, 3.05) is 19.7 Å². The van der Waals surface area contributed by atoms with Crippen molar-refractivity contribution in [3.63, 3.8) is 0 Å². The van der Waals surface area contributed by atoms with Crippen LogP contribution in [0.4, 0.5) is 4.79 Å². The molecule has 0 bridgehead atoms. The number of nitrogens with zero attached hydrogens (tertiary/aromatic N) is 1. The molecular formula is C18H25NO5. The molecule has 1 aliphatic rings. The van der Waals surface area contributed by atoms with E-state index < -0.39 is 23.1 Å². The number of carboxylic acids is 1. The Balaban J connectivity index is 1.94. The van der Waals surface area contributed by atoms with Crippen LogP contribution in [-0.4, -0.2) is 47.4 Å². The Bertz CT molecular complexity index is 581. The lowest BCUT2D eigenvalue weighted by Crippen LogP contribution is -2.41. The Morgan fingerprint density at radius 3 is 2.50 bits per heavy atom. The van der Waals surface area contributed by atoms with E-state index in [0.717, 1.165) is 5.56 Å². The van der Waals surface area contributed by atoms with Crippen LogP contribution in [0.3, 0.4) is 0 Å². The minimum Gasteiger partial charge on any atom is -0.481 e. The molecule has 132 valence electrons. The quantitative estimate of drug-likeness (QED) is 0.895. The lowest BCUT2D eigenvalue weighted by molar-refractivity contribution is -0.152. The summed E-state index contributed by atoms with van der Waals surface area (Å²) >= 11 is 0. The van der Waals surface area contributed by atoms with Gasteiger partial charge in [-0.2, -0.15) is 0 Å². The molecule has 24 heavy (non-hydrogen) atoms. The number of likely N-dealkylation sites (tertiary alicyclic amines) is 1. The van der Waals surface area contributed by atoms with Crippen molar-refractivity contribution in [1.29, 1.82) is 0 Å². The molecular weight excluding hydrogens is 310 g/mol. The Morgan fingerprint density at radius 1 is 1.25 bits per heavy atom. The molecule has 0 aliphatic carbocycles. The molecule has 1 heterocycles. The summed E-state index contributed by atoms with van der Waals surface area (Å²) in [7, 11) is 0. The Kier molecular flexibility index (Phi) is 5.49. The van der Waals surface area contributed by atoms with Crippen LogP contribution >= 0.6 is 0 Å². The lowest BCUT2D eigenvalue weighted by atomic mass is 9.88. The van der Waals surface area contributed by atoms with Crippen molar-refractivity contribution < 1.29 is 24.2 Å². The van der Waals surface area contributed by atoms with Crippen LogP contribution in [0.2, 0.25) is 0 Å². The third-order valence-electron chi connectivity index (χ3n) is 3.95. The molecule has 6 heteroatoms. The fraction of sp³-hybridized carbons (Fsp3) is 0.556. The Morgan fingerprint density at radius 2 is 1.92 bits per heavy atom. The number of carbonyl (C=O) groups is 2. The van der Waals surface area contributed by atoms with E-state index in [1.54, 1.807) is 20.8 Å². The van der Waals surface area contributed by atoms with E-state index in [0.29, 0.717) is 19.6 Å². The molecule has 1 saturated heterocycles. The molecule has 1 N–H and O–H groups in total. The van der Waals surface area contributed by atoms with Gasteiger partial charge in [-0.3, -0.25) is 4.79 Å². The zero-order valence-electron chi connectivity index (χ0n) is 14.4. The summed E-state index contributed by atoms with van der Waals surface area (Å²) in [4.78, 5) is 25.3. The van der Waals surface area contributed by atoms with Gasteiger partial charge < -0.3 is 19.5 Å². The van der Waals surface area contributed by atoms with E-state index in [4.69, 9.17) is 9.47 Å². The molecule has 1 aromatic rings. The van der Waals surface area contributed by atoms with Gasteiger partial charge in [-0.15, -0.1) is 0 Å². The SMILES string of the molecule is CC(C)(C)OC(=O)N1CC[C@@](COCc2ccccc2)(C(=O)O)C1. The van der Waals surface area contributed by atoms with E-state index >= 15 is 0 Å². The highest BCUT2D eigenvalue weighted by atomic mass is 16.6. The smallest absolute Gasteiger partial charge is 0.410 e. The van der Waals surface area contributed by atoms with Crippen molar-refractivity contribution >= 4 is 12.1 Å². The van der Waals surface area contributed by atoms with Gasteiger partial charge in [0.2, 0.25) is 0 Å². The number of carboxylic acid groups (broad SMARTS) is 1. The average Bonchev–Trinajstić information content (AvgIpc) is 2.93. The highest BCUT2D eigenvalue weighted by Gasteiger charge is 2.47. The van der Waals surface area contributed by atoms with E-state index in [1.165, 1.54) is 4.90 Å². The predicted octanol–water partition coefficient (Wildman–Crippen LogP) is 2.92.